The van der Waals surface area contributed by atoms with Crippen molar-refractivity contribution in [2.45, 2.75) is 102 Å². The van der Waals surface area contributed by atoms with E-state index in [1.54, 1.807) is 54.5 Å². The predicted molar refractivity (Wildman–Crippen MR) is 278 cm³/mol. The first-order chi connectivity index (χ1) is 37.3. The van der Waals surface area contributed by atoms with Crippen LogP contribution >= 0.6 is 0 Å². The SMILES string of the molecule is COC(=O)N[C@H](C(=O)N1CCC[C@H]1c1nc2cc(F)c(C3CCC(c4cc5[nH]c([C@@H]6CCCN6C(=O)[C@@H](NC(=O)O)C(C)C)nc5cc4F)N3c3cc(F)c(N4CCN(c5c(F)cccc5F)CC4)c(F)c3)cc2[nH]1)C(C)C. The Morgan fingerprint density at radius 3 is 1.45 bits per heavy atom. The number of halogens is 6. The van der Waals surface area contributed by atoms with E-state index in [0.29, 0.717) is 61.5 Å². The first-order valence-corrected chi connectivity index (χ1v) is 26.4. The van der Waals surface area contributed by atoms with Crippen molar-refractivity contribution >= 4 is 63.1 Å². The number of aromatic amines is 2. The number of carboxylic acid groups (broad SMARTS) is 1. The van der Waals surface area contributed by atoms with Crippen molar-refractivity contribution in [1.82, 2.24) is 40.4 Å². The number of ether oxygens (including phenoxy) is 1. The molecule has 4 aliphatic rings. The Balaban J connectivity index is 0.999. The lowest BCUT2D eigenvalue weighted by atomic mass is 10.0. The van der Waals surface area contributed by atoms with Crippen molar-refractivity contribution in [3.63, 3.8) is 0 Å². The highest BCUT2D eigenvalue weighted by atomic mass is 19.2. The lowest BCUT2D eigenvalue weighted by molar-refractivity contribution is -0.136. The second-order valence-corrected chi connectivity index (χ2v) is 21.3. The van der Waals surface area contributed by atoms with Crippen LogP contribution in [0.3, 0.4) is 0 Å². The number of nitrogens with zero attached hydrogens (tertiary/aromatic N) is 7. The number of nitrogens with one attached hydrogen (secondary N) is 4. The molecular formula is C55H61F6N11O6. The van der Waals surface area contributed by atoms with Crippen LogP contribution in [0.5, 0.6) is 0 Å². The van der Waals surface area contributed by atoms with E-state index in [9.17, 15) is 33.1 Å². The lowest BCUT2D eigenvalue weighted by Gasteiger charge is -2.38. The number of fused-ring (bicyclic) bond motifs is 2. The minimum absolute atomic E-state index is 0.0157. The van der Waals surface area contributed by atoms with E-state index >= 15 is 17.6 Å². The zero-order chi connectivity index (χ0) is 55.4. The molecule has 4 amide bonds. The second-order valence-electron chi connectivity index (χ2n) is 21.3. The maximum absolute atomic E-state index is 16.9. The first-order valence-electron chi connectivity index (χ1n) is 26.4. The van der Waals surface area contributed by atoms with Crippen molar-refractivity contribution < 1.29 is 55.4 Å². The number of anilines is 3. The summed E-state index contributed by atoms with van der Waals surface area (Å²) in [4.78, 5) is 75.3. The molecule has 5 N–H and O–H groups in total. The Hall–Kier alpha value is -7.72. The summed E-state index contributed by atoms with van der Waals surface area (Å²) in [7, 11) is 1.21. The number of methoxy groups -OCH3 is 1. The number of rotatable bonds is 13. The molecule has 10 rings (SSSR count). The van der Waals surface area contributed by atoms with Crippen molar-refractivity contribution in [2.24, 2.45) is 11.8 Å². The number of para-hydroxylation sites is 1. The van der Waals surface area contributed by atoms with Gasteiger partial charge in [-0.15, -0.1) is 0 Å². The Morgan fingerprint density at radius 2 is 1.03 bits per heavy atom. The van der Waals surface area contributed by atoms with Crippen LogP contribution < -0.4 is 25.3 Å². The van der Waals surface area contributed by atoms with E-state index in [2.05, 4.69) is 20.6 Å². The Bertz CT molecular complexity index is 3250. The smallest absolute Gasteiger partial charge is 0.407 e. The van der Waals surface area contributed by atoms with Crippen molar-refractivity contribution in [3.05, 3.63) is 112 Å². The fraction of sp³-hybridized carbons (Fsp3) is 0.455. The Kier molecular flexibility index (Phi) is 14.9. The highest BCUT2D eigenvalue weighted by Crippen LogP contribution is 2.50. The molecule has 4 aliphatic heterocycles. The van der Waals surface area contributed by atoms with Crippen LogP contribution in [-0.4, -0.2) is 117 Å². The quantitative estimate of drug-likeness (QED) is 0.0691. The molecule has 6 aromatic rings. The summed E-state index contributed by atoms with van der Waals surface area (Å²) < 4.78 is 102. The van der Waals surface area contributed by atoms with Gasteiger partial charge in [-0.2, -0.15) is 0 Å². The fourth-order valence-electron chi connectivity index (χ4n) is 12.0. The molecule has 0 saturated carbocycles. The molecule has 0 spiro atoms. The van der Waals surface area contributed by atoms with Gasteiger partial charge in [-0.1, -0.05) is 33.8 Å². The van der Waals surface area contributed by atoms with Gasteiger partial charge in [0.15, 0.2) is 11.6 Å². The Morgan fingerprint density at radius 1 is 0.590 bits per heavy atom. The topological polar surface area (TPSA) is 195 Å². The number of aromatic nitrogens is 4. The molecule has 17 nitrogen and oxygen atoms in total. The maximum atomic E-state index is 16.9. The number of carbonyl (C=O) groups excluding carboxylic acids is 3. The molecule has 2 unspecified atom stereocenters. The molecule has 4 saturated heterocycles. The third-order valence-corrected chi connectivity index (χ3v) is 15.8. The monoisotopic (exact) mass is 1090 g/mol. The van der Waals surface area contributed by atoms with Gasteiger partial charge in [0.25, 0.3) is 0 Å². The molecule has 2 aromatic heterocycles. The molecule has 0 bridgehead atoms. The second kappa shape index (κ2) is 21.6. The third-order valence-electron chi connectivity index (χ3n) is 15.8. The van der Waals surface area contributed by atoms with Gasteiger partial charge in [-0.3, -0.25) is 9.59 Å². The largest absolute Gasteiger partial charge is 0.465 e. The number of amides is 4. The normalized spacial score (nSPS) is 20.7. The third kappa shape index (κ3) is 10.1. The molecule has 0 radical (unpaired) electrons. The van der Waals surface area contributed by atoms with Crippen LogP contribution in [0.4, 0.5) is 53.0 Å². The molecule has 4 fully saturated rings. The molecule has 414 valence electrons. The van der Waals surface area contributed by atoms with Gasteiger partial charge < -0.3 is 54.9 Å². The number of piperazine rings is 1. The minimum atomic E-state index is -1.34. The highest BCUT2D eigenvalue weighted by Gasteiger charge is 2.43. The number of imidazole rings is 2. The summed E-state index contributed by atoms with van der Waals surface area (Å²) in [6.45, 7) is 7.94. The van der Waals surface area contributed by atoms with Gasteiger partial charge in [-0.25, -0.2) is 45.9 Å². The molecule has 6 atom stereocenters. The summed E-state index contributed by atoms with van der Waals surface area (Å²) in [5, 5.41) is 14.4. The fourth-order valence-corrected chi connectivity index (χ4v) is 12.0. The van der Waals surface area contributed by atoms with Crippen LogP contribution in [0.1, 0.15) is 113 Å². The van der Waals surface area contributed by atoms with E-state index < -0.39 is 89.2 Å². The van der Waals surface area contributed by atoms with Crippen LogP contribution in [-0.2, 0) is 14.3 Å². The standard InChI is InChI=1S/C55H61F6N11O6/c1-27(2)46(66-54(75)76)52(73)70-15-7-11-44(70)50-62-38-23-30(34(58)25-40(38)64-50)42-13-14-43(72(42)29-21-36(60)49(37(61)22-29)69-19-17-68(18-20-69)48-32(56)9-6-10-33(48)57)31-24-39-41(26-35(31)59)65-51(63-39)45-12-8-16-71(45)53(74)47(28(3)4)67-55(77)78-5/h6,9-10,21-28,42-47,66H,7-8,11-20H2,1-5H3,(H,62,64)(H,63,65)(H,67,77)(H,75,76)/t42?,43?,44-,45-,46-,47-/m0/s1. The van der Waals surface area contributed by atoms with Crippen molar-refractivity contribution in [1.29, 1.82) is 0 Å². The average molecular weight is 1090 g/mol. The average Bonchev–Trinajstić information content (AvgIpc) is 4.45. The zero-order valence-electron chi connectivity index (χ0n) is 43.7. The summed E-state index contributed by atoms with van der Waals surface area (Å²) in [6, 6.07) is 6.51. The maximum Gasteiger partial charge on any atom is 0.407 e. The summed E-state index contributed by atoms with van der Waals surface area (Å²) in [5.74, 6) is -5.47. The van der Waals surface area contributed by atoms with Gasteiger partial charge in [-0.05, 0) is 86.8 Å². The number of benzene rings is 4. The minimum Gasteiger partial charge on any atom is -0.465 e. The molecule has 6 heterocycles. The Labute approximate surface area is 445 Å². The van der Waals surface area contributed by atoms with Crippen molar-refractivity contribution in [2.75, 3.05) is 61.1 Å². The van der Waals surface area contributed by atoms with Gasteiger partial charge in [0.1, 0.15) is 58.4 Å². The number of likely N-dealkylation sites (tertiary alicyclic amines) is 2. The van der Waals surface area contributed by atoms with E-state index in [-0.39, 0.29) is 96.0 Å². The molecular weight excluding hydrogens is 1020 g/mol. The summed E-state index contributed by atoms with van der Waals surface area (Å²) >= 11 is 0. The number of carbonyl (C=O) groups is 4. The van der Waals surface area contributed by atoms with Gasteiger partial charge in [0, 0.05) is 68.2 Å². The number of H-pyrrole nitrogens is 2. The van der Waals surface area contributed by atoms with E-state index in [1.807, 2.05) is 0 Å². The predicted octanol–water partition coefficient (Wildman–Crippen LogP) is 9.68. The summed E-state index contributed by atoms with van der Waals surface area (Å²) in [5.41, 5.74) is 0.929. The highest BCUT2D eigenvalue weighted by molar-refractivity contribution is 5.87. The molecule has 78 heavy (non-hydrogen) atoms. The molecule has 4 aromatic carbocycles. The zero-order valence-corrected chi connectivity index (χ0v) is 43.7. The van der Waals surface area contributed by atoms with E-state index in [4.69, 9.17) is 14.7 Å². The van der Waals surface area contributed by atoms with Gasteiger partial charge in [0.2, 0.25) is 11.8 Å². The van der Waals surface area contributed by atoms with Gasteiger partial charge >= 0.3 is 12.2 Å². The van der Waals surface area contributed by atoms with Crippen LogP contribution in [0, 0.1) is 46.7 Å². The lowest BCUT2D eigenvalue weighted by Crippen LogP contribution is -2.51. The van der Waals surface area contributed by atoms with Gasteiger partial charge in [0.05, 0.1) is 53.3 Å². The molecule has 0 aliphatic carbocycles. The number of hydrogen-bond donors (Lipinski definition) is 5. The molecule has 23 heteroatoms. The summed E-state index contributed by atoms with van der Waals surface area (Å²) in [6.07, 6.45) is 0.562. The van der Waals surface area contributed by atoms with Crippen LogP contribution in [0.25, 0.3) is 22.1 Å². The number of hydrogen-bond acceptors (Lipinski definition) is 10. The van der Waals surface area contributed by atoms with Crippen LogP contribution in [0.15, 0.2) is 54.6 Å². The van der Waals surface area contributed by atoms with Crippen LogP contribution in [0.2, 0.25) is 0 Å². The van der Waals surface area contributed by atoms with E-state index in [0.717, 1.165) is 24.3 Å². The van der Waals surface area contributed by atoms with E-state index in [1.165, 1.54) is 35.1 Å². The van der Waals surface area contributed by atoms with Crippen molar-refractivity contribution in [3.8, 4) is 0 Å². The number of alkyl carbamates (subject to hydrolysis) is 1. The first kappa shape index (κ1) is 53.7.